The van der Waals surface area contributed by atoms with Gasteiger partial charge in [0.05, 0.1) is 5.54 Å². The molecule has 24 heavy (non-hydrogen) atoms. The largest absolute Gasteiger partial charge is 0.480 e. The van der Waals surface area contributed by atoms with Crippen molar-refractivity contribution in [3.63, 3.8) is 0 Å². The van der Waals surface area contributed by atoms with Crippen molar-refractivity contribution in [3.05, 3.63) is 65.8 Å². The van der Waals surface area contributed by atoms with Crippen molar-refractivity contribution in [1.82, 2.24) is 0 Å². The molecule has 0 heterocycles. The van der Waals surface area contributed by atoms with E-state index in [2.05, 4.69) is 32.9 Å². The fourth-order valence-electron chi connectivity index (χ4n) is 3.27. The van der Waals surface area contributed by atoms with Gasteiger partial charge in [-0.1, -0.05) is 75.4 Å². The lowest BCUT2D eigenvalue weighted by molar-refractivity contribution is -0.145. The summed E-state index contributed by atoms with van der Waals surface area (Å²) in [7, 11) is 0. The number of benzene rings is 1. The predicted molar refractivity (Wildman–Crippen MR) is 99.7 cm³/mol. The highest BCUT2D eigenvalue weighted by Crippen LogP contribution is 2.45. The van der Waals surface area contributed by atoms with Crippen molar-refractivity contribution in [1.29, 1.82) is 0 Å². The summed E-state index contributed by atoms with van der Waals surface area (Å²) in [4.78, 5) is 12.0. The molecule has 3 nitrogen and oxygen atoms in total. The fourth-order valence-corrected chi connectivity index (χ4v) is 3.27. The van der Waals surface area contributed by atoms with Crippen LogP contribution in [0.4, 0.5) is 0 Å². The van der Waals surface area contributed by atoms with Gasteiger partial charge < -0.3 is 10.8 Å². The maximum absolute atomic E-state index is 12.0. The van der Waals surface area contributed by atoms with E-state index < -0.39 is 16.9 Å². The first-order valence-corrected chi connectivity index (χ1v) is 8.23. The first-order chi connectivity index (χ1) is 11.1. The van der Waals surface area contributed by atoms with Crippen LogP contribution >= 0.6 is 0 Å². The molecule has 0 saturated carbocycles. The SMILES string of the molecule is CC=CC1(C(=O)O)C=CC=C(c2ccc(C(C)(C)C)cc2)C1(C)N. The highest BCUT2D eigenvalue weighted by molar-refractivity contribution is 5.90. The van der Waals surface area contributed by atoms with E-state index >= 15 is 0 Å². The first-order valence-electron chi connectivity index (χ1n) is 8.23. The average Bonchev–Trinajstić information content (AvgIpc) is 2.48. The molecule has 3 heteroatoms. The molecule has 0 radical (unpaired) electrons. The molecule has 2 unspecified atom stereocenters. The number of carboxylic acids is 1. The first kappa shape index (κ1) is 18.2. The van der Waals surface area contributed by atoms with Crippen LogP contribution in [0.25, 0.3) is 5.57 Å². The second kappa shape index (κ2) is 6.06. The second-order valence-corrected chi connectivity index (χ2v) is 7.64. The Morgan fingerprint density at radius 3 is 2.25 bits per heavy atom. The molecular formula is C21H27NO2. The van der Waals surface area contributed by atoms with E-state index in [-0.39, 0.29) is 5.41 Å². The zero-order valence-electron chi connectivity index (χ0n) is 15.1. The highest BCUT2D eigenvalue weighted by atomic mass is 16.4. The summed E-state index contributed by atoms with van der Waals surface area (Å²) in [5.74, 6) is -0.946. The number of carbonyl (C=O) groups is 1. The Bertz CT molecular complexity index is 715. The summed E-state index contributed by atoms with van der Waals surface area (Å²) < 4.78 is 0. The van der Waals surface area contributed by atoms with Crippen molar-refractivity contribution < 1.29 is 9.90 Å². The molecule has 2 rings (SSSR count). The number of hydrogen-bond donors (Lipinski definition) is 2. The predicted octanol–water partition coefficient (Wildman–Crippen LogP) is 4.30. The summed E-state index contributed by atoms with van der Waals surface area (Å²) in [6.45, 7) is 10.1. The molecular weight excluding hydrogens is 298 g/mol. The topological polar surface area (TPSA) is 63.3 Å². The lowest BCUT2D eigenvalue weighted by Crippen LogP contribution is -2.57. The Hall–Kier alpha value is -2.13. The zero-order chi connectivity index (χ0) is 18.2. The minimum absolute atomic E-state index is 0.0706. The molecule has 1 aliphatic carbocycles. The smallest absolute Gasteiger partial charge is 0.319 e. The lowest BCUT2D eigenvalue weighted by atomic mass is 9.63. The summed E-state index contributed by atoms with van der Waals surface area (Å²) in [5, 5.41) is 9.86. The number of nitrogens with two attached hydrogens (primary N) is 1. The van der Waals surface area contributed by atoms with Crippen molar-refractivity contribution in [2.24, 2.45) is 11.1 Å². The van der Waals surface area contributed by atoms with E-state index in [9.17, 15) is 9.90 Å². The van der Waals surface area contributed by atoms with Crippen LogP contribution in [0.5, 0.6) is 0 Å². The molecule has 0 spiro atoms. The Labute approximate surface area is 144 Å². The summed E-state index contributed by atoms with van der Waals surface area (Å²) in [6, 6.07) is 8.23. The molecule has 128 valence electrons. The maximum Gasteiger partial charge on any atom is 0.319 e. The third kappa shape index (κ3) is 2.84. The Morgan fingerprint density at radius 1 is 1.21 bits per heavy atom. The van der Waals surface area contributed by atoms with Crippen LogP contribution in [0.15, 0.2) is 54.6 Å². The van der Waals surface area contributed by atoms with Gasteiger partial charge in [-0.25, -0.2) is 0 Å². The summed E-state index contributed by atoms with van der Waals surface area (Å²) >= 11 is 0. The normalized spacial score (nSPS) is 27.3. The summed E-state index contributed by atoms with van der Waals surface area (Å²) in [6.07, 6.45) is 8.78. The van der Waals surface area contributed by atoms with Crippen molar-refractivity contribution in [2.75, 3.05) is 0 Å². The van der Waals surface area contributed by atoms with Gasteiger partial charge in [0.25, 0.3) is 0 Å². The lowest BCUT2D eigenvalue weighted by Gasteiger charge is -2.43. The Balaban J connectivity index is 2.54. The third-order valence-corrected chi connectivity index (χ3v) is 4.89. The van der Waals surface area contributed by atoms with Crippen LogP contribution in [0.2, 0.25) is 0 Å². The molecule has 0 bridgehead atoms. The van der Waals surface area contributed by atoms with Crippen molar-refractivity contribution >= 4 is 11.5 Å². The van der Waals surface area contributed by atoms with Gasteiger partial charge >= 0.3 is 5.97 Å². The van der Waals surface area contributed by atoms with Crippen LogP contribution in [0.1, 0.15) is 45.7 Å². The number of allylic oxidation sites excluding steroid dienone is 3. The Kier molecular flexibility index (Phi) is 4.60. The molecule has 1 aliphatic rings. The van der Waals surface area contributed by atoms with Gasteiger partial charge in [0.15, 0.2) is 0 Å². The molecule has 3 N–H and O–H groups in total. The second-order valence-electron chi connectivity index (χ2n) is 7.64. The van der Waals surface area contributed by atoms with Gasteiger partial charge in [-0.05, 0) is 36.0 Å². The molecule has 0 amide bonds. The van der Waals surface area contributed by atoms with Gasteiger partial charge in [0.2, 0.25) is 0 Å². The van der Waals surface area contributed by atoms with Gasteiger partial charge in [0.1, 0.15) is 5.41 Å². The van der Waals surface area contributed by atoms with Crippen LogP contribution in [0.3, 0.4) is 0 Å². The maximum atomic E-state index is 12.0. The minimum Gasteiger partial charge on any atom is -0.480 e. The number of aliphatic carboxylic acids is 1. The van der Waals surface area contributed by atoms with E-state index in [1.54, 1.807) is 31.2 Å². The van der Waals surface area contributed by atoms with Crippen LogP contribution in [-0.4, -0.2) is 16.6 Å². The van der Waals surface area contributed by atoms with Gasteiger partial charge in [-0.15, -0.1) is 0 Å². The van der Waals surface area contributed by atoms with Gasteiger partial charge in [-0.3, -0.25) is 4.79 Å². The van der Waals surface area contributed by atoms with E-state index in [1.165, 1.54) is 5.56 Å². The van der Waals surface area contributed by atoms with E-state index in [1.807, 2.05) is 25.1 Å². The molecule has 2 atom stereocenters. The van der Waals surface area contributed by atoms with Gasteiger partial charge in [0, 0.05) is 0 Å². The monoisotopic (exact) mass is 325 g/mol. The molecule has 0 aromatic heterocycles. The summed E-state index contributed by atoms with van der Waals surface area (Å²) in [5.41, 5.74) is 7.36. The molecule has 1 aromatic carbocycles. The molecule has 0 fully saturated rings. The van der Waals surface area contributed by atoms with Crippen molar-refractivity contribution in [2.45, 2.75) is 45.6 Å². The molecule has 0 saturated heterocycles. The standard InChI is InChI=1S/C21H27NO2/c1-6-13-21(18(23)24)14-7-8-17(20(21,5)22)15-9-11-16(12-10-15)19(2,3)4/h6-14H,22H2,1-5H3,(H,23,24). The quantitative estimate of drug-likeness (QED) is 0.814. The minimum atomic E-state index is -1.26. The average molecular weight is 325 g/mol. The number of rotatable bonds is 3. The zero-order valence-corrected chi connectivity index (χ0v) is 15.1. The van der Waals surface area contributed by atoms with Crippen LogP contribution in [-0.2, 0) is 10.2 Å². The number of carboxylic acid groups (broad SMARTS) is 1. The van der Waals surface area contributed by atoms with E-state index in [4.69, 9.17) is 5.73 Å². The molecule has 0 aliphatic heterocycles. The molecule has 1 aromatic rings. The highest BCUT2D eigenvalue weighted by Gasteiger charge is 2.51. The number of hydrogen-bond acceptors (Lipinski definition) is 2. The fraction of sp³-hybridized carbons (Fsp3) is 0.381. The van der Waals surface area contributed by atoms with E-state index in [0.29, 0.717) is 0 Å². The van der Waals surface area contributed by atoms with Crippen molar-refractivity contribution in [3.8, 4) is 0 Å². The van der Waals surface area contributed by atoms with Crippen LogP contribution < -0.4 is 5.73 Å². The van der Waals surface area contributed by atoms with E-state index in [0.717, 1.165) is 11.1 Å². The third-order valence-electron chi connectivity index (χ3n) is 4.89. The van der Waals surface area contributed by atoms with Gasteiger partial charge in [-0.2, -0.15) is 0 Å². The van der Waals surface area contributed by atoms with Crippen LogP contribution in [0, 0.1) is 5.41 Å². The Morgan fingerprint density at radius 2 is 1.79 bits per heavy atom.